The van der Waals surface area contributed by atoms with Crippen LogP contribution < -0.4 is 10.7 Å². The predicted molar refractivity (Wildman–Crippen MR) is 102 cm³/mol. The second-order valence-corrected chi connectivity index (χ2v) is 6.91. The molecule has 0 spiro atoms. The van der Waals surface area contributed by atoms with Crippen LogP contribution in [0.5, 0.6) is 0 Å². The lowest BCUT2D eigenvalue weighted by atomic mass is 9.78. The zero-order valence-electron chi connectivity index (χ0n) is 14.1. The van der Waals surface area contributed by atoms with Crippen LogP contribution in [0.15, 0.2) is 35.6 Å². The number of hydrazone groups is 1. The minimum atomic E-state index is 0.421. The van der Waals surface area contributed by atoms with Gasteiger partial charge in [-0.05, 0) is 42.6 Å². The average molecular weight is 341 g/mol. The van der Waals surface area contributed by atoms with Crippen molar-refractivity contribution >= 4 is 34.6 Å². The van der Waals surface area contributed by atoms with Crippen molar-refractivity contribution in [3.63, 3.8) is 0 Å². The minimum absolute atomic E-state index is 0.421. The number of hydrogen-bond donors (Lipinski definition) is 2. The largest absolute Gasteiger partial charge is 0.358 e. The molecule has 1 saturated carbocycles. The fourth-order valence-corrected chi connectivity index (χ4v) is 3.38. The molecule has 3 rings (SSSR count). The third kappa shape index (κ3) is 4.06. The Kier molecular flexibility index (Phi) is 5.35. The Hall–Kier alpha value is -2.08. The molecule has 0 unspecified atom stereocenters. The van der Waals surface area contributed by atoms with E-state index in [1.807, 2.05) is 24.3 Å². The Morgan fingerprint density at radius 1 is 1.25 bits per heavy atom. The normalized spacial score (nSPS) is 24.2. The van der Waals surface area contributed by atoms with Crippen molar-refractivity contribution in [2.75, 3.05) is 0 Å². The molecule has 6 heteroatoms. The van der Waals surface area contributed by atoms with Crippen LogP contribution in [0.25, 0.3) is 11.0 Å². The number of nitrogens with one attached hydrogen (secondary N) is 2. The summed E-state index contributed by atoms with van der Waals surface area (Å²) >= 11 is 5.35. The zero-order valence-corrected chi connectivity index (χ0v) is 14.9. The predicted octanol–water partition coefficient (Wildman–Crippen LogP) is 3.25. The number of nitrogens with zero attached hydrogens (tertiary/aromatic N) is 3. The van der Waals surface area contributed by atoms with Crippen LogP contribution in [0.2, 0.25) is 0 Å². The molecule has 0 amide bonds. The summed E-state index contributed by atoms with van der Waals surface area (Å²) in [5, 5.41) is 8.12. The standard InChI is InChI=1S/C18H23N5S/c1-12-6-5-9-15(13(12)2)22-18(24)23-20-11-14-10-19-16-7-3-4-8-17(16)21-14/h3-4,7-8,10-13,15H,5-6,9H2,1-2H3,(H2,22,23,24)/b20-11-/t12-,13+,15-/m0/s1. The molecule has 1 aliphatic carbocycles. The molecule has 2 aromatic rings. The van der Waals surface area contributed by atoms with Crippen LogP contribution >= 0.6 is 12.2 Å². The number of hydrogen-bond acceptors (Lipinski definition) is 4. The van der Waals surface area contributed by atoms with Gasteiger partial charge in [0, 0.05) is 6.04 Å². The summed E-state index contributed by atoms with van der Waals surface area (Å²) in [5.74, 6) is 1.35. The van der Waals surface area contributed by atoms with Gasteiger partial charge in [-0.15, -0.1) is 0 Å². The number of rotatable bonds is 3. The van der Waals surface area contributed by atoms with Crippen LogP contribution in [0.4, 0.5) is 0 Å². The number of aromatic nitrogens is 2. The third-order valence-electron chi connectivity index (χ3n) is 4.85. The first-order valence-corrected chi connectivity index (χ1v) is 8.85. The summed E-state index contributed by atoms with van der Waals surface area (Å²) in [6, 6.07) is 8.19. The van der Waals surface area contributed by atoms with E-state index in [0.29, 0.717) is 22.8 Å². The lowest BCUT2D eigenvalue weighted by Gasteiger charge is -2.35. The zero-order chi connectivity index (χ0) is 16.9. The van der Waals surface area contributed by atoms with Gasteiger partial charge in [0.1, 0.15) is 5.69 Å². The molecular weight excluding hydrogens is 318 g/mol. The molecule has 3 atom stereocenters. The van der Waals surface area contributed by atoms with Crippen molar-refractivity contribution in [1.29, 1.82) is 0 Å². The van der Waals surface area contributed by atoms with Crippen molar-refractivity contribution in [3.8, 4) is 0 Å². The highest BCUT2D eigenvalue weighted by atomic mass is 32.1. The van der Waals surface area contributed by atoms with Gasteiger partial charge in [-0.25, -0.2) is 4.98 Å². The smallest absolute Gasteiger partial charge is 0.187 e. The summed E-state index contributed by atoms with van der Waals surface area (Å²) in [7, 11) is 0. The summed E-state index contributed by atoms with van der Waals surface area (Å²) in [6.45, 7) is 4.60. The van der Waals surface area contributed by atoms with Gasteiger partial charge < -0.3 is 5.32 Å². The Morgan fingerprint density at radius 3 is 2.88 bits per heavy atom. The molecule has 24 heavy (non-hydrogen) atoms. The number of para-hydroxylation sites is 2. The van der Waals surface area contributed by atoms with E-state index in [1.165, 1.54) is 12.8 Å². The maximum Gasteiger partial charge on any atom is 0.187 e. The Balaban J connectivity index is 1.55. The molecule has 5 nitrogen and oxygen atoms in total. The van der Waals surface area contributed by atoms with Crippen molar-refractivity contribution in [3.05, 3.63) is 36.2 Å². The van der Waals surface area contributed by atoms with Gasteiger partial charge >= 0.3 is 0 Å². The van der Waals surface area contributed by atoms with Gasteiger partial charge in [0.2, 0.25) is 0 Å². The molecule has 1 aliphatic rings. The maximum atomic E-state index is 5.35. The van der Waals surface area contributed by atoms with Crippen molar-refractivity contribution in [2.45, 2.75) is 39.2 Å². The van der Waals surface area contributed by atoms with Crippen molar-refractivity contribution in [2.24, 2.45) is 16.9 Å². The molecule has 1 fully saturated rings. The minimum Gasteiger partial charge on any atom is -0.358 e. The fourth-order valence-electron chi connectivity index (χ4n) is 3.18. The average Bonchev–Trinajstić information content (AvgIpc) is 2.59. The molecule has 0 aliphatic heterocycles. The maximum absolute atomic E-state index is 5.35. The van der Waals surface area contributed by atoms with Gasteiger partial charge in [0.15, 0.2) is 5.11 Å². The molecule has 0 radical (unpaired) electrons. The molecular formula is C18H23N5S. The van der Waals surface area contributed by atoms with E-state index in [1.54, 1.807) is 12.4 Å². The van der Waals surface area contributed by atoms with Gasteiger partial charge in [-0.1, -0.05) is 38.8 Å². The lowest BCUT2D eigenvalue weighted by molar-refractivity contribution is 0.224. The van der Waals surface area contributed by atoms with Crippen molar-refractivity contribution in [1.82, 2.24) is 20.7 Å². The quantitative estimate of drug-likeness (QED) is 0.510. The topological polar surface area (TPSA) is 62.2 Å². The first-order valence-electron chi connectivity index (χ1n) is 8.45. The molecule has 1 aromatic heterocycles. The van der Waals surface area contributed by atoms with E-state index in [2.05, 4.69) is 39.7 Å². The first kappa shape index (κ1) is 16.8. The number of fused-ring (bicyclic) bond motifs is 1. The van der Waals surface area contributed by atoms with Crippen LogP contribution in [0.3, 0.4) is 0 Å². The Morgan fingerprint density at radius 2 is 2.04 bits per heavy atom. The van der Waals surface area contributed by atoms with Crippen LogP contribution in [-0.4, -0.2) is 27.3 Å². The summed E-state index contributed by atoms with van der Waals surface area (Å²) in [5.41, 5.74) is 5.31. The van der Waals surface area contributed by atoms with Crippen LogP contribution in [0, 0.1) is 11.8 Å². The highest BCUT2D eigenvalue weighted by molar-refractivity contribution is 7.80. The van der Waals surface area contributed by atoms with Gasteiger partial charge in [0.05, 0.1) is 23.4 Å². The van der Waals surface area contributed by atoms with E-state index in [0.717, 1.165) is 23.4 Å². The first-order chi connectivity index (χ1) is 11.6. The molecule has 1 heterocycles. The van der Waals surface area contributed by atoms with E-state index in [-0.39, 0.29) is 0 Å². The van der Waals surface area contributed by atoms with Crippen LogP contribution in [0.1, 0.15) is 38.8 Å². The molecule has 0 bridgehead atoms. The van der Waals surface area contributed by atoms with Crippen molar-refractivity contribution < 1.29 is 0 Å². The summed E-state index contributed by atoms with van der Waals surface area (Å²) in [4.78, 5) is 8.86. The fraction of sp³-hybridized carbons (Fsp3) is 0.444. The Labute approximate surface area is 148 Å². The van der Waals surface area contributed by atoms with E-state index >= 15 is 0 Å². The highest BCUT2D eigenvalue weighted by Crippen LogP contribution is 2.29. The monoisotopic (exact) mass is 341 g/mol. The van der Waals surface area contributed by atoms with E-state index in [9.17, 15) is 0 Å². The molecule has 126 valence electrons. The second-order valence-electron chi connectivity index (χ2n) is 6.50. The molecule has 1 aromatic carbocycles. The molecule has 2 N–H and O–H groups in total. The van der Waals surface area contributed by atoms with Gasteiger partial charge in [-0.2, -0.15) is 5.10 Å². The summed E-state index contributed by atoms with van der Waals surface area (Å²) < 4.78 is 0. The Bertz CT molecular complexity index is 745. The SMILES string of the molecule is C[C@H]1[C@@H](NC(=S)N/N=C\c2cnc3ccccc3n2)CCC[C@@H]1C. The van der Waals surface area contributed by atoms with E-state index in [4.69, 9.17) is 12.2 Å². The third-order valence-corrected chi connectivity index (χ3v) is 5.06. The van der Waals surface area contributed by atoms with Gasteiger partial charge in [-0.3, -0.25) is 10.4 Å². The van der Waals surface area contributed by atoms with Crippen LogP contribution in [-0.2, 0) is 0 Å². The van der Waals surface area contributed by atoms with Gasteiger partial charge in [0.25, 0.3) is 0 Å². The summed E-state index contributed by atoms with van der Waals surface area (Å²) in [6.07, 6.45) is 7.06. The second kappa shape index (κ2) is 7.66. The number of benzene rings is 1. The highest BCUT2D eigenvalue weighted by Gasteiger charge is 2.27. The van der Waals surface area contributed by atoms with E-state index < -0.39 is 0 Å². The lowest BCUT2D eigenvalue weighted by Crippen LogP contribution is -2.46. The molecule has 0 saturated heterocycles. The number of thiocarbonyl (C=S) groups is 1.